The van der Waals surface area contributed by atoms with Gasteiger partial charge in [-0.05, 0) is 13.3 Å². The van der Waals surface area contributed by atoms with Crippen molar-refractivity contribution in [1.29, 1.82) is 0 Å². The predicted molar refractivity (Wildman–Crippen MR) is 64.2 cm³/mol. The summed E-state index contributed by atoms with van der Waals surface area (Å²) in [5.74, 6) is -2.04. The van der Waals surface area contributed by atoms with E-state index < -0.39 is 36.5 Å². The molecule has 0 bridgehead atoms. The molecule has 0 aliphatic rings. The molecule has 0 fully saturated rings. The predicted octanol–water partition coefficient (Wildman–Crippen LogP) is 1.75. The van der Waals surface area contributed by atoms with Gasteiger partial charge >= 0.3 is 12.1 Å². The average Bonchev–Trinajstić information content (AvgIpc) is 2.38. The zero-order valence-corrected chi connectivity index (χ0v) is 11.5. The lowest BCUT2D eigenvalue weighted by Gasteiger charge is -2.13. The van der Waals surface area contributed by atoms with Crippen LogP contribution in [-0.2, 0) is 22.5 Å². The van der Waals surface area contributed by atoms with Gasteiger partial charge in [0.1, 0.15) is 12.4 Å². The van der Waals surface area contributed by atoms with Crippen LogP contribution in [0, 0.1) is 12.7 Å². The monoisotopic (exact) mass is 310 g/mol. The molecule has 1 aromatic rings. The van der Waals surface area contributed by atoms with Gasteiger partial charge in [-0.2, -0.15) is 17.6 Å². The van der Waals surface area contributed by atoms with Gasteiger partial charge in [-0.1, -0.05) is 0 Å². The highest BCUT2D eigenvalue weighted by Crippen LogP contribution is 2.22. The topological polar surface area (TPSA) is 61.2 Å². The van der Waals surface area contributed by atoms with Crippen molar-refractivity contribution in [3.05, 3.63) is 27.7 Å². The zero-order valence-electron chi connectivity index (χ0n) is 11.5. The normalized spacial score (nSPS) is 11.5. The lowest BCUT2D eigenvalue weighted by molar-refractivity contribution is -0.141. The van der Waals surface area contributed by atoms with E-state index >= 15 is 0 Å². The van der Waals surface area contributed by atoms with Gasteiger partial charge in [0.2, 0.25) is 5.82 Å². The molecule has 21 heavy (non-hydrogen) atoms. The molecule has 0 saturated heterocycles. The number of aryl methyl sites for hydroxylation is 2. The standard InChI is InChI=1S/C12H14F4N2O3/c1-7-10(13)11(20)18(6-9(19)21-2)8(17-7)4-3-5-12(14,15)16/h3-6H2,1-2H3. The van der Waals surface area contributed by atoms with E-state index in [1.165, 1.54) is 6.92 Å². The molecule has 1 aromatic heterocycles. The molecular formula is C12H14F4N2O3. The van der Waals surface area contributed by atoms with Crippen molar-refractivity contribution >= 4 is 5.97 Å². The molecule has 5 nitrogen and oxygen atoms in total. The summed E-state index contributed by atoms with van der Waals surface area (Å²) in [7, 11) is 1.08. The Labute approximate surface area is 117 Å². The molecule has 0 N–H and O–H groups in total. The van der Waals surface area contributed by atoms with Crippen LogP contribution in [0.3, 0.4) is 0 Å². The first kappa shape index (κ1) is 17.1. The van der Waals surface area contributed by atoms with Crippen molar-refractivity contribution < 1.29 is 27.1 Å². The molecule has 1 rings (SSSR count). The Morgan fingerprint density at radius 3 is 2.52 bits per heavy atom. The van der Waals surface area contributed by atoms with Gasteiger partial charge in [0.25, 0.3) is 5.56 Å². The van der Waals surface area contributed by atoms with Crippen molar-refractivity contribution in [3.63, 3.8) is 0 Å². The zero-order chi connectivity index (χ0) is 16.2. The maximum Gasteiger partial charge on any atom is 0.389 e. The van der Waals surface area contributed by atoms with E-state index in [1.807, 2.05) is 0 Å². The highest BCUT2D eigenvalue weighted by molar-refractivity contribution is 5.69. The lowest BCUT2D eigenvalue weighted by atomic mass is 10.2. The molecular weight excluding hydrogens is 296 g/mol. The van der Waals surface area contributed by atoms with Crippen LogP contribution in [0.2, 0.25) is 0 Å². The molecule has 0 aliphatic carbocycles. The first-order chi connectivity index (χ1) is 9.65. The number of methoxy groups -OCH3 is 1. The summed E-state index contributed by atoms with van der Waals surface area (Å²) in [5, 5.41) is 0. The van der Waals surface area contributed by atoms with Crippen molar-refractivity contribution in [1.82, 2.24) is 9.55 Å². The number of hydrogen-bond acceptors (Lipinski definition) is 4. The summed E-state index contributed by atoms with van der Waals surface area (Å²) < 4.78 is 54.9. The summed E-state index contributed by atoms with van der Waals surface area (Å²) >= 11 is 0. The molecule has 0 aliphatic heterocycles. The highest BCUT2D eigenvalue weighted by Gasteiger charge is 2.26. The van der Waals surface area contributed by atoms with E-state index in [0.29, 0.717) is 4.57 Å². The van der Waals surface area contributed by atoms with Gasteiger partial charge in [-0.15, -0.1) is 0 Å². The maximum absolute atomic E-state index is 13.5. The van der Waals surface area contributed by atoms with E-state index in [-0.39, 0.29) is 24.4 Å². The number of ether oxygens (including phenoxy) is 1. The van der Waals surface area contributed by atoms with Crippen molar-refractivity contribution in [2.45, 2.75) is 38.9 Å². The molecule has 0 saturated carbocycles. The Kier molecular flexibility index (Phi) is 5.45. The maximum atomic E-state index is 13.5. The molecule has 118 valence electrons. The van der Waals surface area contributed by atoms with E-state index in [2.05, 4.69) is 9.72 Å². The van der Waals surface area contributed by atoms with Crippen molar-refractivity contribution in [2.75, 3.05) is 7.11 Å². The van der Waals surface area contributed by atoms with Crippen LogP contribution >= 0.6 is 0 Å². The number of alkyl halides is 3. The molecule has 0 aromatic carbocycles. The van der Waals surface area contributed by atoms with E-state index in [1.54, 1.807) is 0 Å². The number of carbonyl (C=O) groups excluding carboxylic acids is 1. The SMILES string of the molecule is COC(=O)Cn1c(CCCC(F)(F)F)nc(C)c(F)c1=O. The third-order valence-corrected chi connectivity index (χ3v) is 2.73. The number of aromatic nitrogens is 2. The Balaban J connectivity index is 3.05. The molecule has 0 atom stereocenters. The fourth-order valence-electron chi connectivity index (χ4n) is 1.69. The summed E-state index contributed by atoms with van der Waals surface area (Å²) in [5.41, 5.74) is -1.32. The second-order valence-electron chi connectivity index (χ2n) is 4.36. The number of rotatable bonds is 5. The third-order valence-electron chi connectivity index (χ3n) is 2.73. The van der Waals surface area contributed by atoms with Crippen LogP contribution in [0.4, 0.5) is 17.6 Å². The number of halogens is 4. The Hall–Kier alpha value is -1.93. The Morgan fingerprint density at radius 2 is 2.00 bits per heavy atom. The van der Waals surface area contributed by atoms with Crippen LogP contribution in [0.1, 0.15) is 24.4 Å². The Morgan fingerprint density at radius 1 is 1.38 bits per heavy atom. The average molecular weight is 310 g/mol. The van der Waals surface area contributed by atoms with Crippen molar-refractivity contribution in [2.24, 2.45) is 0 Å². The van der Waals surface area contributed by atoms with Crippen LogP contribution in [-0.4, -0.2) is 28.8 Å². The molecule has 0 spiro atoms. The second kappa shape index (κ2) is 6.68. The Bertz CT molecular complexity index is 581. The van der Waals surface area contributed by atoms with Gasteiger partial charge in [0, 0.05) is 12.8 Å². The highest BCUT2D eigenvalue weighted by atomic mass is 19.4. The van der Waals surface area contributed by atoms with Gasteiger partial charge in [-0.3, -0.25) is 14.2 Å². The van der Waals surface area contributed by atoms with Crippen LogP contribution in [0.5, 0.6) is 0 Å². The van der Waals surface area contributed by atoms with Crippen molar-refractivity contribution in [3.8, 4) is 0 Å². The molecule has 0 unspecified atom stereocenters. The first-order valence-corrected chi connectivity index (χ1v) is 6.05. The number of nitrogens with zero attached hydrogens (tertiary/aromatic N) is 2. The largest absolute Gasteiger partial charge is 0.468 e. The first-order valence-electron chi connectivity index (χ1n) is 6.05. The smallest absolute Gasteiger partial charge is 0.389 e. The number of hydrogen-bond donors (Lipinski definition) is 0. The van der Waals surface area contributed by atoms with E-state index in [4.69, 9.17) is 0 Å². The second-order valence-corrected chi connectivity index (χ2v) is 4.36. The summed E-state index contributed by atoms with van der Waals surface area (Å²) in [6.07, 6.45) is -5.91. The van der Waals surface area contributed by atoms with Gasteiger partial charge in [0.15, 0.2) is 0 Å². The quantitative estimate of drug-likeness (QED) is 0.614. The van der Waals surface area contributed by atoms with E-state index in [9.17, 15) is 27.2 Å². The summed E-state index contributed by atoms with van der Waals surface area (Å²) in [6, 6.07) is 0. The van der Waals surface area contributed by atoms with Crippen LogP contribution in [0.25, 0.3) is 0 Å². The number of esters is 1. The van der Waals surface area contributed by atoms with Gasteiger partial charge in [-0.25, -0.2) is 4.98 Å². The van der Waals surface area contributed by atoms with E-state index in [0.717, 1.165) is 7.11 Å². The molecule has 0 radical (unpaired) electrons. The minimum Gasteiger partial charge on any atom is -0.468 e. The summed E-state index contributed by atoms with van der Waals surface area (Å²) in [6.45, 7) is 0.632. The summed E-state index contributed by atoms with van der Waals surface area (Å²) in [4.78, 5) is 26.7. The van der Waals surface area contributed by atoms with Gasteiger partial charge < -0.3 is 4.74 Å². The van der Waals surface area contributed by atoms with Crippen LogP contribution in [0.15, 0.2) is 4.79 Å². The minimum absolute atomic E-state index is 0.0754. The molecule has 1 heterocycles. The number of carbonyl (C=O) groups is 1. The fourth-order valence-corrected chi connectivity index (χ4v) is 1.69. The van der Waals surface area contributed by atoms with Gasteiger partial charge in [0.05, 0.1) is 12.8 Å². The third kappa shape index (κ3) is 4.83. The minimum atomic E-state index is -4.33. The van der Waals surface area contributed by atoms with Crippen LogP contribution < -0.4 is 5.56 Å². The molecule has 9 heteroatoms. The lowest BCUT2D eigenvalue weighted by Crippen LogP contribution is -2.32. The molecule has 0 amide bonds. The fraction of sp³-hybridized carbons (Fsp3) is 0.583.